The molecule has 1 aliphatic rings. The van der Waals surface area contributed by atoms with Crippen molar-refractivity contribution in [1.82, 2.24) is 10.6 Å². The van der Waals surface area contributed by atoms with Crippen LogP contribution in [0.5, 0.6) is 0 Å². The molecular weight excluding hydrogens is 144 g/mol. The molecule has 3 heteroatoms. The maximum atomic E-state index is 5.09. The van der Waals surface area contributed by atoms with Gasteiger partial charge in [-0.3, -0.25) is 0 Å². The summed E-state index contributed by atoms with van der Waals surface area (Å²) in [5, 5.41) is 6.57. The Hall–Kier alpha value is -0.150. The van der Waals surface area contributed by atoms with Gasteiger partial charge in [-0.2, -0.15) is 0 Å². The summed E-state index contributed by atoms with van der Waals surface area (Å²) in [6, 6.07) is 0. The highest BCUT2D eigenvalue weighted by molar-refractivity contribution is 7.80. The summed E-state index contributed by atoms with van der Waals surface area (Å²) in [6.45, 7) is 6.31. The Labute approximate surface area is 67.4 Å². The minimum Gasteiger partial charge on any atom is -0.378 e. The van der Waals surface area contributed by atoms with E-state index in [0.29, 0.717) is 0 Å². The first-order valence-electron chi connectivity index (χ1n) is 3.62. The summed E-state index contributed by atoms with van der Waals surface area (Å²) in [7, 11) is 0. The van der Waals surface area contributed by atoms with E-state index in [-0.39, 0.29) is 5.54 Å². The summed E-state index contributed by atoms with van der Waals surface area (Å²) in [5.74, 6) is 0. The highest BCUT2D eigenvalue weighted by Gasteiger charge is 2.20. The second-order valence-corrected chi connectivity index (χ2v) is 3.83. The quantitative estimate of drug-likeness (QED) is 0.507. The van der Waals surface area contributed by atoms with E-state index >= 15 is 0 Å². The van der Waals surface area contributed by atoms with Crippen molar-refractivity contribution >= 4 is 17.2 Å². The van der Waals surface area contributed by atoms with Gasteiger partial charge in [0.25, 0.3) is 0 Å². The number of rotatable bonds is 0. The van der Waals surface area contributed by atoms with Gasteiger partial charge in [0.1, 0.15) is 0 Å². The Morgan fingerprint density at radius 3 is 2.80 bits per heavy atom. The summed E-state index contributed by atoms with van der Waals surface area (Å²) in [6.07, 6.45) is 0.947. The Kier molecular flexibility index (Phi) is 2.26. The van der Waals surface area contributed by atoms with E-state index in [2.05, 4.69) is 24.5 Å². The third-order valence-electron chi connectivity index (χ3n) is 1.65. The number of hydrogen-bond donors (Lipinski definition) is 2. The van der Waals surface area contributed by atoms with Gasteiger partial charge in [-0.15, -0.1) is 0 Å². The maximum Gasteiger partial charge on any atom is 0.0772 e. The van der Waals surface area contributed by atoms with Gasteiger partial charge >= 0.3 is 0 Å². The number of hydrogen-bond acceptors (Lipinski definition) is 2. The maximum absolute atomic E-state index is 5.09. The van der Waals surface area contributed by atoms with E-state index in [9.17, 15) is 0 Å². The molecule has 0 bridgehead atoms. The fourth-order valence-corrected chi connectivity index (χ4v) is 1.59. The summed E-state index contributed by atoms with van der Waals surface area (Å²) in [4.78, 5) is 0.981. The average Bonchev–Trinajstić information content (AvgIpc) is 1.90. The van der Waals surface area contributed by atoms with E-state index in [4.69, 9.17) is 12.2 Å². The van der Waals surface area contributed by atoms with Crippen LogP contribution < -0.4 is 10.6 Å². The van der Waals surface area contributed by atoms with Crippen LogP contribution in [-0.2, 0) is 0 Å². The largest absolute Gasteiger partial charge is 0.378 e. The van der Waals surface area contributed by atoms with Crippen LogP contribution in [0.3, 0.4) is 0 Å². The van der Waals surface area contributed by atoms with Crippen molar-refractivity contribution in [3.05, 3.63) is 0 Å². The third-order valence-corrected chi connectivity index (χ3v) is 1.94. The first-order valence-corrected chi connectivity index (χ1v) is 4.03. The molecule has 0 aromatic carbocycles. The van der Waals surface area contributed by atoms with Crippen LogP contribution in [0.25, 0.3) is 0 Å². The standard InChI is InChI=1S/C7H14N2S/c1-7(2)5-6(10)8-3-4-9-7/h9H,3-5H2,1-2H3,(H,8,10). The second kappa shape index (κ2) is 2.84. The molecule has 0 atom stereocenters. The Balaban J connectivity index is 2.54. The highest BCUT2D eigenvalue weighted by Crippen LogP contribution is 2.09. The summed E-state index contributed by atoms with van der Waals surface area (Å²) in [5.41, 5.74) is 0.181. The lowest BCUT2D eigenvalue weighted by Crippen LogP contribution is -2.39. The van der Waals surface area contributed by atoms with Gasteiger partial charge in [-0.05, 0) is 13.8 Å². The van der Waals surface area contributed by atoms with Gasteiger partial charge in [0.2, 0.25) is 0 Å². The zero-order chi connectivity index (χ0) is 7.61. The predicted molar refractivity (Wildman–Crippen MR) is 47.3 cm³/mol. The molecule has 0 unspecified atom stereocenters. The van der Waals surface area contributed by atoms with E-state index in [1.165, 1.54) is 0 Å². The van der Waals surface area contributed by atoms with Crippen LogP contribution in [0.4, 0.5) is 0 Å². The first-order chi connectivity index (χ1) is 4.60. The highest BCUT2D eigenvalue weighted by atomic mass is 32.1. The SMILES string of the molecule is CC1(C)CC(=S)NCCN1. The normalized spacial score (nSPS) is 25.2. The van der Waals surface area contributed by atoms with Crippen LogP contribution in [0.1, 0.15) is 20.3 Å². The predicted octanol–water partition coefficient (Wildman–Crippen LogP) is 0.675. The molecule has 1 heterocycles. The van der Waals surface area contributed by atoms with Crippen molar-refractivity contribution in [2.75, 3.05) is 13.1 Å². The van der Waals surface area contributed by atoms with Crippen LogP contribution in [0, 0.1) is 0 Å². The van der Waals surface area contributed by atoms with Crippen molar-refractivity contribution in [3.8, 4) is 0 Å². The van der Waals surface area contributed by atoms with Crippen molar-refractivity contribution in [3.63, 3.8) is 0 Å². The van der Waals surface area contributed by atoms with Crippen LogP contribution >= 0.6 is 12.2 Å². The molecule has 1 saturated heterocycles. The lowest BCUT2D eigenvalue weighted by atomic mass is 10.0. The van der Waals surface area contributed by atoms with Crippen LogP contribution in [0.2, 0.25) is 0 Å². The molecule has 0 radical (unpaired) electrons. The molecule has 2 nitrogen and oxygen atoms in total. The van der Waals surface area contributed by atoms with E-state index in [0.717, 1.165) is 24.5 Å². The van der Waals surface area contributed by atoms with Crippen molar-refractivity contribution in [2.45, 2.75) is 25.8 Å². The molecular formula is C7H14N2S. The van der Waals surface area contributed by atoms with Gasteiger partial charge in [-0.25, -0.2) is 0 Å². The van der Waals surface area contributed by atoms with E-state index in [1.54, 1.807) is 0 Å². The van der Waals surface area contributed by atoms with Crippen molar-refractivity contribution < 1.29 is 0 Å². The molecule has 0 aromatic rings. The molecule has 0 aliphatic carbocycles. The molecule has 2 N–H and O–H groups in total. The van der Waals surface area contributed by atoms with Crippen LogP contribution in [-0.4, -0.2) is 23.6 Å². The number of thiocarbonyl (C=S) groups is 1. The summed E-state index contributed by atoms with van der Waals surface area (Å²) < 4.78 is 0. The zero-order valence-corrected chi connectivity index (χ0v) is 7.35. The smallest absolute Gasteiger partial charge is 0.0772 e. The molecule has 1 aliphatic heterocycles. The first kappa shape index (κ1) is 7.95. The third kappa shape index (κ3) is 2.23. The molecule has 1 rings (SSSR count). The Morgan fingerprint density at radius 2 is 2.10 bits per heavy atom. The van der Waals surface area contributed by atoms with Gasteiger partial charge in [0.15, 0.2) is 0 Å². The van der Waals surface area contributed by atoms with Gasteiger partial charge in [-0.1, -0.05) is 12.2 Å². The Bertz CT molecular complexity index is 143. The molecule has 10 heavy (non-hydrogen) atoms. The van der Waals surface area contributed by atoms with Gasteiger partial charge in [0, 0.05) is 25.0 Å². The minimum atomic E-state index is 0.181. The second-order valence-electron chi connectivity index (χ2n) is 3.34. The zero-order valence-electron chi connectivity index (χ0n) is 6.53. The monoisotopic (exact) mass is 158 g/mol. The molecule has 0 saturated carbocycles. The van der Waals surface area contributed by atoms with Gasteiger partial charge < -0.3 is 10.6 Å². The molecule has 1 fully saturated rings. The van der Waals surface area contributed by atoms with E-state index < -0.39 is 0 Å². The lowest BCUT2D eigenvalue weighted by Gasteiger charge is -2.22. The molecule has 58 valence electrons. The minimum absolute atomic E-state index is 0.181. The average molecular weight is 158 g/mol. The molecule has 0 amide bonds. The van der Waals surface area contributed by atoms with Crippen molar-refractivity contribution in [1.29, 1.82) is 0 Å². The summed E-state index contributed by atoms with van der Waals surface area (Å²) >= 11 is 5.09. The Morgan fingerprint density at radius 1 is 1.40 bits per heavy atom. The lowest BCUT2D eigenvalue weighted by molar-refractivity contribution is 0.420. The fourth-order valence-electron chi connectivity index (χ4n) is 1.13. The van der Waals surface area contributed by atoms with E-state index in [1.807, 2.05) is 0 Å². The van der Waals surface area contributed by atoms with Gasteiger partial charge in [0.05, 0.1) is 4.99 Å². The molecule has 0 spiro atoms. The van der Waals surface area contributed by atoms with Crippen LogP contribution in [0.15, 0.2) is 0 Å². The fraction of sp³-hybridized carbons (Fsp3) is 0.857. The molecule has 0 aromatic heterocycles. The van der Waals surface area contributed by atoms with Crippen molar-refractivity contribution in [2.24, 2.45) is 0 Å². The topological polar surface area (TPSA) is 24.1 Å². The number of nitrogens with one attached hydrogen (secondary N) is 2.